The van der Waals surface area contributed by atoms with Gasteiger partial charge in [0.25, 0.3) is 0 Å². The van der Waals surface area contributed by atoms with E-state index >= 15 is 0 Å². The zero-order valence-electron chi connectivity index (χ0n) is 6.70. The highest BCUT2D eigenvalue weighted by Crippen LogP contribution is 2.24. The monoisotopic (exact) mass is 191 g/mol. The Morgan fingerprint density at radius 2 is 2.50 bits per heavy atom. The van der Waals surface area contributed by atoms with Crippen LogP contribution in [0.2, 0.25) is 0 Å². The number of nitro groups is 1. The summed E-state index contributed by atoms with van der Waals surface area (Å²) in [6.07, 6.45) is 2.12. The molecule has 0 radical (unpaired) electrons. The van der Waals surface area contributed by atoms with Gasteiger partial charge in [0.1, 0.15) is 6.10 Å². The molecule has 12 heavy (non-hydrogen) atoms. The molecule has 1 rings (SSSR count). The van der Waals surface area contributed by atoms with Crippen molar-refractivity contribution in [2.45, 2.75) is 25.0 Å². The van der Waals surface area contributed by atoms with E-state index in [4.69, 9.17) is 16.3 Å². The SMILES string of the molecule is CO[C@H]1CC(Cl)=CC[C@H]1[N+](=O)[O-]. The van der Waals surface area contributed by atoms with Gasteiger partial charge in [0.05, 0.1) is 0 Å². The van der Waals surface area contributed by atoms with Crippen molar-refractivity contribution >= 4 is 11.6 Å². The number of hydrogen-bond acceptors (Lipinski definition) is 3. The minimum atomic E-state index is -0.641. The molecule has 0 N–H and O–H groups in total. The van der Waals surface area contributed by atoms with Gasteiger partial charge < -0.3 is 4.74 Å². The van der Waals surface area contributed by atoms with E-state index in [1.54, 1.807) is 6.08 Å². The van der Waals surface area contributed by atoms with Crippen LogP contribution in [0.3, 0.4) is 0 Å². The Kier molecular flexibility index (Phi) is 3.05. The van der Waals surface area contributed by atoms with E-state index in [0.29, 0.717) is 17.9 Å². The Balaban J connectivity index is 2.69. The summed E-state index contributed by atoms with van der Waals surface area (Å²) in [4.78, 5) is 10.2. The molecule has 4 nitrogen and oxygen atoms in total. The largest absolute Gasteiger partial charge is 0.374 e. The van der Waals surface area contributed by atoms with E-state index in [0.717, 1.165) is 0 Å². The second-order valence-corrected chi connectivity index (χ2v) is 3.20. The number of nitrogens with zero attached hydrogens (tertiary/aromatic N) is 1. The molecule has 0 aromatic heterocycles. The molecule has 0 amide bonds. The zero-order valence-corrected chi connectivity index (χ0v) is 7.45. The third-order valence-corrected chi connectivity index (χ3v) is 2.29. The Hall–Kier alpha value is -0.610. The Morgan fingerprint density at radius 3 is 3.00 bits per heavy atom. The van der Waals surface area contributed by atoms with Crippen molar-refractivity contribution in [2.24, 2.45) is 0 Å². The Labute approximate surface area is 75.3 Å². The number of ether oxygens (including phenoxy) is 1. The van der Waals surface area contributed by atoms with Gasteiger partial charge in [-0.1, -0.05) is 17.7 Å². The molecule has 1 aliphatic carbocycles. The highest BCUT2D eigenvalue weighted by atomic mass is 35.5. The van der Waals surface area contributed by atoms with Crippen LogP contribution in [-0.2, 0) is 4.74 Å². The van der Waals surface area contributed by atoms with E-state index in [1.165, 1.54) is 7.11 Å². The number of hydrogen-bond donors (Lipinski definition) is 0. The smallest absolute Gasteiger partial charge is 0.242 e. The second kappa shape index (κ2) is 3.87. The van der Waals surface area contributed by atoms with Crippen LogP contribution in [0.5, 0.6) is 0 Å². The van der Waals surface area contributed by atoms with E-state index in [9.17, 15) is 10.1 Å². The van der Waals surface area contributed by atoms with Crippen LogP contribution >= 0.6 is 11.6 Å². The van der Waals surface area contributed by atoms with Gasteiger partial charge in [-0.05, 0) is 0 Å². The van der Waals surface area contributed by atoms with Crippen LogP contribution in [-0.4, -0.2) is 24.2 Å². The van der Waals surface area contributed by atoms with Gasteiger partial charge in [-0.3, -0.25) is 10.1 Å². The molecule has 0 saturated heterocycles. The summed E-state index contributed by atoms with van der Waals surface area (Å²) in [7, 11) is 1.47. The van der Waals surface area contributed by atoms with E-state index in [-0.39, 0.29) is 11.0 Å². The van der Waals surface area contributed by atoms with Crippen molar-refractivity contribution in [1.82, 2.24) is 0 Å². The van der Waals surface area contributed by atoms with Gasteiger partial charge in [0, 0.05) is 29.9 Å². The molecular weight excluding hydrogens is 182 g/mol. The first-order chi connectivity index (χ1) is 5.65. The lowest BCUT2D eigenvalue weighted by molar-refractivity contribution is -0.534. The first kappa shape index (κ1) is 9.48. The maximum absolute atomic E-state index is 10.5. The lowest BCUT2D eigenvalue weighted by Crippen LogP contribution is -2.36. The molecule has 0 aromatic rings. The second-order valence-electron chi connectivity index (χ2n) is 2.72. The van der Waals surface area contributed by atoms with Crippen LogP contribution in [0.15, 0.2) is 11.1 Å². The fourth-order valence-electron chi connectivity index (χ4n) is 1.27. The average molecular weight is 192 g/mol. The molecule has 0 bridgehead atoms. The van der Waals surface area contributed by atoms with Crippen molar-refractivity contribution in [3.63, 3.8) is 0 Å². The van der Waals surface area contributed by atoms with Gasteiger partial charge >= 0.3 is 0 Å². The number of methoxy groups -OCH3 is 1. The van der Waals surface area contributed by atoms with Crippen LogP contribution in [0, 0.1) is 10.1 Å². The fourth-order valence-corrected chi connectivity index (χ4v) is 1.52. The van der Waals surface area contributed by atoms with Crippen LogP contribution in [0.1, 0.15) is 12.8 Å². The van der Waals surface area contributed by atoms with Crippen molar-refractivity contribution in [1.29, 1.82) is 0 Å². The molecule has 0 unspecified atom stereocenters. The summed E-state index contributed by atoms with van der Waals surface area (Å²) in [5, 5.41) is 11.1. The maximum atomic E-state index is 10.5. The zero-order chi connectivity index (χ0) is 9.14. The maximum Gasteiger partial charge on any atom is 0.242 e. The lowest BCUT2D eigenvalue weighted by Gasteiger charge is -2.21. The van der Waals surface area contributed by atoms with Crippen molar-refractivity contribution in [3.8, 4) is 0 Å². The molecule has 2 atom stereocenters. The Bertz CT molecular complexity index is 217. The minimum absolute atomic E-state index is 0.312. The number of rotatable bonds is 2. The predicted molar refractivity (Wildman–Crippen MR) is 44.7 cm³/mol. The van der Waals surface area contributed by atoms with Crippen LogP contribution in [0.4, 0.5) is 0 Å². The number of halogens is 1. The quantitative estimate of drug-likeness (QED) is 0.492. The molecule has 0 spiro atoms. The van der Waals surface area contributed by atoms with Crippen LogP contribution in [0.25, 0.3) is 0 Å². The highest BCUT2D eigenvalue weighted by Gasteiger charge is 2.33. The lowest BCUT2D eigenvalue weighted by atomic mass is 9.99. The van der Waals surface area contributed by atoms with E-state index in [1.807, 2.05) is 0 Å². The third-order valence-electron chi connectivity index (χ3n) is 1.98. The first-order valence-electron chi connectivity index (χ1n) is 3.66. The van der Waals surface area contributed by atoms with E-state index in [2.05, 4.69) is 0 Å². The standard InChI is InChI=1S/C7H10ClNO3/c1-12-7-4-5(8)2-3-6(7)9(10)11/h2,6-7H,3-4H2,1H3/t6-,7+/m1/s1. The van der Waals surface area contributed by atoms with Gasteiger partial charge in [0.15, 0.2) is 0 Å². The summed E-state index contributed by atoms with van der Waals surface area (Å²) in [5.41, 5.74) is 0. The van der Waals surface area contributed by atoms with Crippen molar-refractivity contribution < 1.29 is 9.66 Å². The summed E-state index contributed by atoms with van der Waals surface area (Å²) >= 11 is 5.72. The van der Waals surface area contributed by atoms with Crippen molar-refractivity contribution in [2.75, 3.05) is 7.11 Å². The summed E-state index contributed by atoms with van der Waals surface area (Å²) in [6.45, 7) is 0. The third kappa shape index (κ3) is 1.95. The molecule has 5 heteroatoms. The summed E-state index contributed by atoms with van der Waals surface area (Å²) in [5.74, 6) is 0. The normalized spacial score (nSPS) is 29.7. The predicted octanol–water partition coefficient (Wildman–Crippen LogP) is 1.56. The molecule has 68 valence electrons. The van der Waals surface area contributed by atoms with Gasteiger partial charge in [0.2, 0.25) is 6.04 Å². The minimum Gasteiger partial charge on any atom is -0.374 e. The molecule has 0 aromatic carbocycles. The van der Waals surface area contributed by atoms with Gasteiger partial charge in [-0.25, -0.2) is 0 Å². The summed E-state index contributed by atoms with van der Waals surface area (Å²) < 4.78 is 4.97. The molecular formula is C7H10ClNO3. The topological polar surface area (TPSA) is 52.4 Å². The molecule has 0 aliphatic heterocycles. The summed E-state index contributed by atoms with van der Waals surface area (Å²) in [6, 6.07) is -0.641. The average Bonchev–Trinajstić information content (AvgIpc) is 2.03. The van der Waals surface area contributed by atoms with Gasteiger partial charge in [-0.2, -0.15) is 0 Å². The molecule has 0 fully saturated rings. The molecule has 1 aliphatic rings. The van der Waals surface area contributed by atoms with E-state index < -0.39 is 6.04 Å². The first-order valence-corrected chi connectivity index (χ1v) is 4.03. The van der Waals surface area contributed by atoms with Gasteiger partial charge in [-0.15, -0.1) is 0 Å². The van der Waals surface area contributed by atoms with Crippen molar-refractivity contribution in [3.05, 3.63) is 21.2 Å². The molecule has 0 heterocycles. The Morgan fingerprint density at radius 1 is 1.83 bits per heavy atom. The fraction of sp³-hybridized carbons (Fsp3) is 0.714. The highest BCUT2D eigenvalue weighted by molar-refractivity contribution is 6.29. The molecule has 0 saturated carbocycles. The van der Waals surface area contributed by atoms with Crippen LogP contribution < -0.4 is 0 Å².